The van der Waals surface area contributed by atoms with E-state index in [0.717, 1.165) is 18.7 Å². The summed E-state index contributed by atoms with van der Waals surface area (Å²) in [5.74, 6) is 1.33. The molecule has 0 aromatic carbocycles. The van der Waals surface area contributed by atoms with Gasteiger partial charge in [-0.1, -0.05) is 11.6 Å². The number of hydrogen-bond acceptors (Lipinski definition) is 4. The zero-order valence-corrected chi connectivity index (χ0v) is 11.0. The van der Waals surface area contributed by atoms with Crippen LogP contribution in [0.4, 0.5) is 0 Å². The topological polar surface area (TPSA) is 51.6 Å². The number of nitrogens with two attached hydrogens (primary N) is 1. The average Bonchev–Trinajstić information content (AvgIpc) is 3.06. The molecule has 1 aliphatic carbocycles. The number of rotatable bonds is 4. The van der Waals surface area contributed by atoms with E-state index in [1.807, 2.05) is 23.3 Å². The van der Waals surface area contributed by atoms with E-state index in [1.165, 1.54) is 25.7 Å². The number of hydroxylamine groups is 2. The quantitative estimate of drug-likeness (QED) is 0.844. The first-order valence-electron chi connectivity index (χ1n) is 6.96. The van der Waals surface area contributed by atoms with E-state index in [0.29, 0.717) is 5.88 Å². The van der Waals surface area contributed by atoms with Gasteiger partial charge in [-0.3, -0.25) is 0 Å². The lowest BCUT2D eigenvalue weighted by Gasteiger charge is -2.22. The summed E-state index contributed by atoms with van der Waals surface area (Å²) in [6, 6.07) is 3.84. The third kappa shape index (κ3) is 2.84. The van der Waals surface area contributed by atoms with Crippen LogP contribution in [0.25, 0.3) is 0 Å². The van der Waals surface area contributed by atoms with Crippen LogP contribution in [-0.4, -0.2) is 11.6 Å². The molecule has 1 unspecified atom stereocenters. The van der Waals surface area contributed by atoms with Crippen LogP contribution in [-0.2, 0) is 4.84 Å². The van der Waals surface area contributed by atoms with Gasteiger partial charge in [-0.05, 0) is 44.2 Å². The van der Waals surface area contributed by atoms with Crippen LogP contribution in [0.1, 0.15) is 43.9 Å². The second kappa shape index (κ2) is 5.53. The maximum Gasteiger partial charge on any atom is 0.207 e. The largest absolute Gasteiger partial charge is 0.467 e. The Labute approximate surface area is 113 Å². The third-order valence-corrected chi connectivity index (χ3v) is 3.73. The molecular weight excluding hydrogens is 240 g/mol. The highest BCUT2D eigenvalue weighted by molar-refractivity contribution is 5.15. The van der Waals surface area contributed by atoms with Crippen LogP contribution in [0.2, 0.25) is 0 Å². The van der Waals surface area contributed by atoms with E-state index in [1.54, 1.807) is 11.8 Å². The van der Waals surface area contributed by atoms with Crippen LogP contribution in [0, 0.1) is 0 Å². The molecule has 1 atom stereocenters. The smallest absolute Gasteiger partial charge is 0.207 e. The molecule has 3 rings (SSSR count). The lowest BCUT2D eigenvalue weighted by molar-refractivity contribution is -0.122. The second-order valence-electron chi connectivity index (χ2n) is 5.12. The Bertz CT molecular complexity index is 476. The van der Waals surface area contributed by atoms with Crippen LogP contribution >= 0.6 is 0 Å². The fraction of sp³-hybridized carbons (Fsp3) is 0.467. The Morgan fingerprint density at radius 2 is 2.32 bits per heavy atom. The fourth-order valence-electron chi connectivity index (χ4n) is 2.72. The van der Waals surface area contributed by atoms with Gasteiger partial charge in [0.2, 0.25) is 5.88 Å². The zero-order chi connectivity index (χ0) is 13.1. The van der Waals surface area contributed by atoms with Crippen molar-refractivity contribution in [1.29, 1.82) is 0 Å². The SMILES string of the molecule is NC1=CC(c2ccco2)N(CCC2=CCCCC2)O1. The Kier molecular flexibility index (Phi) is 3.60. The van der Waals surface area contributed by atoms with Crippen molar-refractivity contribution in [3.8, 4) is 0 Å². The van der Waals surface area contributed by atoms with E-state index in [2.05, 4.69) is 6.08 Å². The van der Waals surface area contributed by atoms with Crippen molar-refractivity contribution in [3.05, 3.63) is 47.8 Å². The van der Waals surface area contributed by atoms with Gasteiger partial charge in [-0.25, -0.2) is 0 Å². The minimum absolute atomic E-state index is 0.000749. The maximum atomic E-state index is 5.77. The zero-order valence-electron chi connectivity index (χ0n) is 11.0. The highest BCUT2D eigenvalue weighted by Crippen LogP contribution is 2.31. The molecule has 0 saturated heterocycles. The third-order valence-electron chi connectivity index (χ3n) is 3.73. The summed E-state index contributed by atoms with van der Waals surface area (Å²) in [5, 5.41) is 1.91. The van der Waals surface area contributed by atoms with Crippen molar-refractivity contribution in [2.75, 3.05) is 6.54 Å². The minimum Gasteiger partial charge on any atom is -0.467 e. The molecule has 4 heteroatoms. The Hall–Kier alpha value is -1.68. The summed E-state index contributed by atoms with van der Waals surface area (Å²) in [7, 11) is 0. The van der Waals surface area contributed by atoms with Crippen molar-refractivity contribution < 1.29 is 9.25 Å². The highest BCUT2D eigenvalue weighted by Gasteiger charge is 2.29. The average molecular weight is 260 g/mol. The first kappa shape index (κ1) is 12.4. The first-order chi connectivity index (χ1) is 9.33. The van der Waals surface area contributed by atoms with Crippen molar-refractivity contribution in [3.63, 3.8) is 0 Å². The predicted molar refractivity (Wildman–Crippen MR) is 72.7 cm³/mol. The second-order valence-corrected chi connectivity index (χ2v) is 5.12. The summed E-state index contributed by atoms with van der Waals surface area (Å²) in [6.07, 6.45) is 12.1. The lowest BCUT2D eigenvalue weighted by Crippen LogP contribution is -2.25. The van der Waals surface area contributed by atoms with Gasteiger partial charge in [0.25, 0.3) is 0 Å². The van der Waals surface area contributed by atoms with Gasteiger partial charge in [0.15, 0.2) is 0 Å². The summed E-state index contributed by atoms with van der Waals surface area (Å²) in [4.78, 5) is 5.57. The van der Waals surface area contributed by atoms with Crippen molar-refractivity contribution >= 4 is 0 Å². The lowest BCUT2D eigenvalue weighted by atomic mass is 9.97. The van der Waals surface area contributed by atoms with Gasteiger partial charge in [-0.2, -0.15) is 0 Å². The molecular formula is C15H20N2O2. The molecule has 102 valence electrons. The summed E-state index contributed by atoms with van der Waals surface area (Å²) in [6.45, 7) is 0.842. The minimum atomic E-state index is -0.000749. The first-order valence-corrected chi connectivity index (χ1v) is 6.96. The van der Waals surface area contributed by atoms with Gasteiger partial charge in [-0.15, -0.1) is 5.06 Å². The number of allylic oxidation sites excluding steroid dienone is 1. The molecule has 19 heavy (non-hydrogen) atoms. The van der Waals surface area contributed by atoms with Crippen LogP contribution in [0.5, 0.6) is 0 Å². The van der Waals surface area contributed by atoms with Crippen LogP contribution in [0.15, 0.2) is 46.4 Å². The molecule has 0 bridgehead atoms. The highest BCUT2D eigenvalue weighted by atomic mass is 16.7. The molecule has 0 spiro atoms. The predicted octanol–water partition coefficient (Wildman–Crippen LogP) is 3.26. The molecule has 1 aromatic rings. The van der Waals surface area contributed by atoms with Gasteiger partial charge >= 0.3 is 0 Å². The summed E-state index contributed by atoms with van der Waals surface area (Å²) < 4.78 is 5.45. The standard InChI is InChI=1S/C15H20N2O2/c16-15-11-13(14-7-4-10-18-14)17(19-15)9-8-12-5-2-1-3-6-12/h4-5,7,10-11,13H,1-3,6,8-9,16H2. The molecule has 0 amide bonds. The molecule has 2 aliphatic rings. The van der Waals surface area contributed by atoms with Gasteiger partial charge in [0.05, 0.1) is 6.26 Å². The van der Waals surface area contributed by atoms with Gasteiger partial charge in [0.1, 0.15) is 11.8 Å². The maximum absolute atomic E-state index is 5.77. The Morgan fingerprint density at radius 3 is 3.05 bits per heavy atom. The van der Waals surface area contributed by atoms with E-state index in [4.69, 9.17) is 15.0 Å². The van der Waals surface area contributed by atoms with Crippen molar-refractivity contribution in [2.24, 2.45) is 5.73 Å². The van der Waals surface area contributed by atoms with E-state index < -0.39 is 0 Å². The Morgan fingerprint density at radius 1 is 1.37 bits per heavy atom. The molecule has 2 N–H and O–H groups in total. The van der Waals surface area contributed by atoms with Gasteiger partial charge in [0, 0.05) is 12.6 Å². The Balaban J connectivity index is 1.62. The van der Waals surface area contributed by atoms with E-state index >= 15 is 0 Å². The van der Waals surface area contributed by atoms with Crippen LogP contribution in [0.3, 0.4) is 0 Å². The normalized spacial score (nSPS) is 23.9. The molecule has 0 fully saturated rings. The molecule has 2 heterocycles. The number of nitrogens with zero attached hydrogens (tertiary/aromatic N) is 1. The van der Waals surface area contributed by atoms with E-state index in [9.17, 15) is 0 Å². The van der Waals surface area contributed by atoms with Crippen molar-refractivity contribution in [2.45, 2.75) is 38.1 Å². The van der Waals surface area contributed by atoms with Gasteiger partial charge < -0.3 is 15.0 Å². The number of hydrogen-bond donors (Lipinski definition) is 1. The molecule has 1 aromatic heterocycles. The van der Waals surface area contributed by atoms with Crippen molar-refractivity contribution in [1.82, 2.24) is 5.06 Å². The molecule has 0 radical (unpaired) electrons. The number of furan rings is 1. The summed E-state index contributed by atoms with van der Waals surface area (Å²) in [5.41, 5.74) is 7.31. The fourth-order valence-corrected chi connectivity index (χ4v) is 2.72. The summed E-state index contributed by atoms with van der Waals surface area (Å²) >= 11 is 0. The van der Waals surface area contributed by atoms with Crippen LogP contribution < -0.4 is 5.73 Å². The van der Waals surface area contributed by atoms with E-state index in [-0.39, 0.29) is 6.04 Å². The molecule has 4 nitrogen and oxygen atoms in total. The molecule has 0 saturated carbocycles. The molecule has 1 aliphatic heterocycles. The monoisotopic (exact) mass is 260 g/mol.